The molecule has 1 fully saturated rings. The van der Waals surface area contributed by atoms with Crippen LogP contribution in [-0.4, -0.2) is 83.5 Å². The molecular weight excluding hydrogens is 344 g/mol. The van der Waals surface area contributed by atoms with Gasteiger partial charge in [0, 0.05) is 58.5 Å². The molecule has 7 nitrogen and oxygen atoms in total. The van der Waals surface area contributed by atoms with Crippen molar-refractivity contribution < 1.29 is 14.2 Å². The van der Waals surface area contributed by atoms with Crippen LogP contribution in [0.4, 0.5) is 0 Å². The molecule has 2 rings (SSSR count). The van der Waals surface area contributed by atoms with Crippen molar-refractivity contribution in [2.75, 3.05) is 61.7 Å². The summed E-state index contributed by atoms with van der Waals surface area (Å²) in [5.41, 5.74) is 1.09. The number of likely N-dealkylation sites (tertiary alicyclic amines) is 1. The molecule has 1 N–H and O–H groups in total. The fourth-order valence-corrected chi connectivity index (χ4v) is 3.54. The van der Waals surface area contributed by atoms with Crippen molar-refractivity contribution in [3.8, 4) is 11.5 Å². The minimum atomic E-state index is 0.529. The van der Waals surface area contributed by atoms with Crippen molar-refractivity contribution in [2.45, 2.75) is 25.4 Å². The maximum absolute atomic E-state index is 5.51. The molecule has 1 aromatic carbocycles. The van der Waals surface area contributed by atoms with Gasteiger partial charge in [-0.25, -0.2) is 0 Å². The van der Waals surface area contributed by atoms with Gasteiger partial charge in [-0.05, 0) is 31.5 Å². The van der Waals surface area contributed by atoms with Crippen molar-refractivity contribution in [3.05, 3.63) is 23.8 Å². The van der Waals surface area contributed by atoms with E-state index < -0.39 is 0 Å². The number of nitrogens with one attached hydrogen (secondary N) is 1. The van der Waals surface area contributed by atoms with E-state index >= 15 is 0 Å². The first-order valence-electron chi connectivity index (χ1n) is 9.48. The number of ether oxygens (including phenoxy) is 3. The van der Waals surface area contributed by atoms with Crippen molar-refractivity contribution in [1.82, 2.24) is 15.1 Å². The first-order chi connectivity index (χ1) is 13.1. The summed E-state index contributed by atoms with van der Waals surface area (Å²) >= 11 is 0. The van der Waals surface area contributed by atoms with Crippen LogP contribution in [-0.2, 0) is 11.3 Å². The second-order valence-corrected chi connectivity index (χ2v) is 6.79. The highest BCUT2D eigenvalue weighted by atomic mass is 16.5. The van der Waals surface area contributed by atoms with Crippen LogP contribution in [0.15, 0.2) is 23.2 Å². The molecule has 0 aromatic heterocycles. The topological polar surface area (TPSA) is 58.6 Å². The Labute approximate surface area is 163 Å². The first kappa shape index (κ1) is 21.3. The first-order valence-corrected chi connectivity index (χ1v) is 9.48. The third-order valence-electron chi connectivity index (χ3n) is 5.05. The van der Waals surface area contributed by atoms with Crippen molar-refractivity contribution >= 4 is 5.96 Å². The predicted octanol–water partition coefficient (Wildman–Crippen LogP) is 1.82. The number of nitrogens with zero attached hydrogens (tertiary/aromatic N) is 3. The lowest BCUT2D eigenvalue weighted by Crippen LogP contribution is -2.45. The van der Waals surface area contributed by atoms with Crippen LogP contribution in [0, 0.1) is 0 Å². The highest BCUT2D eigenvalue weighted by molar-refractivity contribution is 5.79. The number of hydrogen-bond acceptors (Lipinski definition) is 5. The van der Waals surface area contributed by atoms with Crippen LogP contribution in [0.5, 0.6) is 11.5 Å². The Bertz CT molecular complexity index is 609. The standard InChI is InChI=1S/C20H34N4O3/c1-21-20(22-14-17-7-6-10-24(17)11-12-25-3)23(2)15-16-8-9-18(26-4)13-19(16)27-5/h8-9,13,17H,6-7,10-12,14-15H2,1-5H3,(H,21,22). The number of aliphatic imine (C=N–C) groups is 1. The van der Waals surface area contributed by atoms with Gasteiger partial charge in [0.15, 0.2) is 5.96 Å². The lowest BCUT2D eigenvalue weighted by atomic mass is 10.2. The van der Waals surface area contributed by atoms with Crippen LogP contribution in [0.2, 0.25) is 0 Å². The monoisotopic (exact) mass is 378 g/mol. The Morgan fingerprint density at radius 1 is 1.30 bits per heavy atom. The molecule has 1 aliphatic rings. The maximum Gasteiger partial charge on any atom is 0.193 e. The Hall–Kier alpha value is -1.99. The molecule has 0 amide bonds. The quantitative estimate of drug-likeness (QED) is 0.523. The SMILES string of the molecule is CN=C(NCC1CCCN1CCOC)N(C)Cc1ccc(OC)cc1OC. The second-order valence-electron chi connectivity index (χ2n) is 6.79. The van der Waals surface area contributed by atoms with E-state index in [4.69, 9.17) is 14.2 Å². The van der Waals surface area contributed by atoms with Crippen LogP contribution in [0.1, 0.15) is 18.4 Å². The molecule has 1 saturated heterocycles. The zero-order valence-corrected chi connectivity index (χ0v) is 17.3. The van der Waals surface area contributed by atoms with E-state index in [1.54, 1.807) is 21.3 Å². The average molecular weight is 379 g/mol. The van der Waals surface area contributed by atoms with E-state index in [0.717, 1.165) is 49.3 Å². The smallest absolute Gasteiger partial charge is 0.193 e. The Morgan fingerprint density at radius 2 is 2.11 bits per heavy atom. The maximum atomic E-state index is 5.51. The van der Waals surface area contributed by atoms with E-state index in [9.17, 15) is 0 Å². The highest BCUT2D eigenvalue weighted by Gasteiger charge is 2.24. The summed E-state index contributed by atoms with van der Waals surface area (Å²) in [5, 5.41) is 3.53. The fourth-order valence-electron chi connectivity index (χ4n) is 3.54. The summed E-state index contributed by atoms with van der Waals surface area (Å²) < 4.78 is 16.0. The highest BCUT2D eigenvalue weighted by Crippen LogP contribution is 2.25. The van der Waals surface area contributed by atoms with Gasteiger partial charge in [0.25, 0.3) is 0 Å². The number of benzene rings is 1. The van der Waals surface area contributed by atoms with Crippen LogP contribution in [0.3, 0.4) is 0 Å². The summed E-state index contributed by atoms with van der Waals surface area (Å²) in [6, 6.07) is 6.42. The molecule has 0 spiro atoms. The van der Waals surface area contributed by atoms with Crippen LogP contribution in [0.25, 0.3) is 0 Å². The van der Waals surface area contributed by atoms with Gasteiger partial charge in [-0.3, -0.25) is 9.89 Å². The van der Waals surface area contributed by atoms with Gasteiger partial charge < -0.3 is 24.4 Å². The molecular formula is C20H34N4O3. The van der Waals surface area contributed by atoms with Crippen molar-refractivity contribution in [3.63, 3.8) is 0 Å². The van der Waals surface area contributed by atoms with Crippen LogP contribution < -0.4 is 14.8 Å². The van der Waals surface area contributed by atoms with Crippen LogP contribution >= 0.6 is 0 Å². The third-order valence-corrected chi connectivity index (χ3v) is 5.05. The lowest BCUT2D eigenvalue weighted by molar-refractivity contribution is 0.141. The molecule has 0 radical (unpaired) electrons. The zero-order chi connectivity index (χ0) is 19.6. The zero-order valence-electron chi connectivity index (χ0n) is 17.3. The summed E-state index contributed by atoms with van der Waals surface area (Å²) in [5.74, 6) is 2.49. The van der Waals surface area contributed by atoms with E-state index in [2.05, 4.69) is 20.1 Å². The van der Waals surface area contributed by atoms with Gasteiger partial charge in [0.1, 0.15) is 11.5 Å². The summed E-state index contributed by atoms with van der Waals surface area (Å²) in [6.07, 6.45) is 2.46. The second kappa shape index (κ2) is 11.0. The van der Waals surface area contributed by atoms with E-state index in [1.165, 1.54) is 12.8 Å². The van der Waals surface area contributed by atoms with Gasteiger partial charge >= 0.3 is 0 Å². The Kier molecular flexibility index (Phi) is 8.67. The van der Waals surface area contributed by atoms with Crippen molar-refractivity contribution in [1.29, 1.82) is 0 Å². The molecule has 0 aliphatic carbocycles. The lowest BCUT2D eigenvalue weighted by Gasteiger charge is -2.28. The molecule has 1 heterocycles. The number of methoxy groups -OCH3 is 3. The van der Waals surface area contributed by atoms with Gasteiger partial charge in [-0.1, -0.05) is 0 Å². The predicted molar refractivity (Wildman–Crippen MR) is 109 cm³/mol. The molecule has 0 bridgehead atoms. The molecule has 1 aliphatic heterocycles. The summed E-state index contributed by atoms with van der Waals surface area (Å²) in [6.45, 7) is 4.50. The minimum Gasteiger partial charge on any atom is -0.497 e. The van der Waals surface area contributed by atoms with Gasteiger partial charge in [0.2, 0.25) is 0 Å². The molecule has 152 valence electrons. The molecule has 27 heavy (non-hydrogen) atoms. The van der Waals surface area contributed by atoms with Gasteiger partial charge in [-0.15, -0.1) is 0 Å². The fraction of sp³-hybridized carbons (Fsp3) is 0.650. The largest absolute Gasteiger partial charge is 0.497 e. The van der Waals surface area contributed by atoms with E-state index in [-0.39, 0.29) is 0 Å². The number of hydrogen-bond donors (Lipinski definition) is 1. The summed E-state index contributed by atoms with van der Waals surface area (Å²) in [7, 11) is 8.96. The van der Waals surface area contributed by atoms with Crippen molar-refractivity contribution in [2.24, 2.45) is 4.99 Å². The minimum absolute atomic E-state index is 0.529. The van der Waals surface area contributed by atoms with Gasteiger partial charge in [-0.2, -0.15) is 0 Å². The third kappa shape index (κ3) is 6.01. The summed E-state index contributed by atoms with van der Waals surface area (Å²) in [4.78, 5) is 9.05. The van der Waals surface area contributed by atoms with E-state index in [0.29, 0.717) is 12.6 Å². The molecule has 1 aromatic rings. The number of guanidine groups is 1. The Balaban J connectivity index is 1.93. The van der Waals surface area contributed by atoms with Gasteiger partial charge in [0.05, 0.1) is 20.8 Å². The number of rotatable bonds is 9. The molecule has 0 saturated carbocycles. The molecule has 1 atom stereocenters. The average Bonchev–Trinajstić information content (AvgIpc) is 3.14. The van der Waals surface area contributed by atoms with E-state index in [1.807, 2.05) is 32.3 Å². The molecule has 7 heteroatoms. The normalized spacial score (nSPS) is 17.8. The molecule has 1 unspecified atom stereocenters. The Morgan fingerprint density at radius 3 is 2.78 bits per heavy atom.